The van der Waals surface area contributed by atoms with E-state index in [1.807, 2.05) is 135 Å². The zero-order valence-electron chi connectivity index (χ0n) is 72.3. The normalized spacial score (nSPS) is 18.0. The van der Waals surface area contributed by atoms with E-state index in [1.165, 1.54) is 75.7 Å². The molecule has 13 aromatic rings. The first-order chi connectivity index (χ1) is 63.1. The van der Waals surface area contributed by atoms with E-state index in [0.29, 0.717) is 95.7 Å². The van der Waals surface area contributed by atoms with E-state index < -0.39 is 0 Å². The zero-order valence-corrected chi connectivity index (χ0v) is 74.5. The van der Waals surface area contributed by atoms with Crippen molar-refractivity contribution in [3.63, 3.8) is 0 Å². The van der Waals surface area contributed by atoms with Crippen LogP contribution in [0, 0.1) is 11.8 Å². The van der Waals surface area contributed by atoms with E-state index >= 15 is 0 Å². The first-order valence-electron chi connectivity index (χ1n) is 45.4. The van der Waals surface area contributed by atoms with Crippen molar-refractivity contribution in [1.29, 1.82) is 0 Å². The molecular formula is C104H106Cl3N15O7. The number of carbonyl (C=O) groups is 3. The maximum Gasteiger partial charge on any atom is 0.324 e. The predicted molar refractivity (Wildman–Crippen MR) is 506 cm³/mol. The summed E-state index contributed by atoms with van der Waals surface area (Å²) in [6, 6.07) is 84.9. The van der Waals surface area contributed by atoms with Crippen LogP contribution in [0.25, 0.3) is 44.7 Å². The van der Waals surface area contributed by atoms with E-state index in [4.69, 9.17) is 80.4 Å². The average molecular weight is 1780 g/mol. The van der Waals surface area contributed by atoms with Crippen LogP contribution in [-0.4, -0.2) is 121 Å². The number of likely N-dealkylation sites (tertiary alicyclic amines) is 3. The minimum Gasteiger partial charge on any atom is -0.383 e. The second-order valence-electron chi connectivity index (χ2n) is 35.7. The topological polar surface area (TPSA) is 234 Å². The number of ether oxygens (including phenoxy) is 4. The van der Waals surface area contributed by atoms with Crippen LogP contribution in [0.1, 0.15) is 133 Å². The first kappa shape index (κ1) is 85.1. The Morgan fingerprint density at radius 1 is 0.419 bits per heavy atom. The van der Waals surface area contributed by atoms with Gasteiger partial charge in [-0.1, -0.05) is 223 Å². The number of rotatable bonds is 14. The van der Waals surface area contributed by atoms with Gasteiger partial charge in [-0.25, -0.2) is 28.7 Å². The molecule has 4 saturated heterocycles. The molecule has 4 spiro atoms. The predicted octanol–water partition coefficient (Wildman–Crippen LogP) is 20.7. The largest absolute Gasteiger partial charge is 0.383 e. The molecule has 129 heavy (non-hydrogen) atoms. The van der Waals surface area contributed by atoms with E-state index in [0.717, 1.165) is 148 Å². The SMILES string of the molecule is Nc1c(-c2ccccc2)c(CNC(=O)N2CCC3(CC2)OCc2ccccc23)nn1-c1ccc(Cl)c(Cl)c1.Nc1c(-c2ccccc2)c(CNC(=O)N2CCC3(CC2)OCc2ccccc23)nn1-c1ccc(Cl)cc1.O=C(N1CCC2(CC1)OCc1ccccc12)N(CC1CC1)c1ccccc1.c1ccc2c(c1)COC21CCN(c2nc3ccccc3n2CC2CC2)CC1. The van der Waals surface area contributed by atoms with Crippen molar-refractivity contribution in [2.24, 2.45) is 11.8 Å². The second-order valence-corrected chi connectivity index (χ2v) is 36.9. The molecule has 660 valence electrons. The number of nitrogens with zero attached hydrogens (tertiary/aromatic N) is 11. The van der Waals surface area contributed by atoms with Crippen LogP contribution in [0.5, 0.6) is 0 Å². The number of fused-ring (bicyclic) bond motifs is 9. The molecular weight excluding hydrogens is 1680 g/mol. The molecule has 6 amide bonds. The van der Waals surface area contributed by atoms with Crippen LogP contribution in [0.2, 0.25) is 15.1 Å². The Labute approximate surface area is 766 Å². The van der Waals surface area contributed by atoms with Crippen LogP contribution in [0.4, 0.5) is 37.7 Å². The van der Waals surface area contributed by atoms with E-state index in [1.54, 1.807) is 33.6 Å². The molecule has 25 heteroatoms. The summed E-state index contributed by atoms with van der Waals surface area (Å²) in [5, 5.41) is 17.2. The summed E-state index contributed by atoms with van der Waals surface area (Å²) < 4.78 is 30.9. The Hall–Kier alpha value is -12.0. The van der Waals surface area contributed by atoms with Gasteiger partial charge in [-0.3, -0.25) is 4.90 Å². The number of aromatic nitrogens is 6. The Balaban J connectivity index is 0.000000109. The smallest absolute Gasteiger partial charge is 0.324 e. The zero-order chi connectivity index (χ0) is 87.8. The summed E-state index contributed by atoms with van der Waals surface area (Å²) >= 11 is 18.4. The summed E-state index contributed by atoms with van der Waals surface area (Å²) in [5.41, 5.74) is 32.5. The van der Waals surface area contributed by atoms with Gasteiger partial charge in [0.25, 0.3) is 0 Å². The van der Waals surface area contributed by atoms with Crippen LogP contribution in [-0.2, 0) is 87.4 Å². The van der Waals surface area contributed by atoms with Gasteiger partial charge >= 0.3 is 18.1 Å². The highest BCUT2D eigenvalue weighted by Gasteiger charge is 2.48. The number of benzene rings is 10. The molecule has 3 aromatic heterocycles. The molecule has 6 N–H and O–H groups in total. The molecule has 23 rings (SSSR count). The highest BCUT2D eigenvalue weighted by molar-refractivity contribution is 6.42. The lowest BCUT2D eigenvalue weighted by Gasteiger charge is -2.41. The number of piperidine rings is 4. The fourth-order valence-electron chi connectivity index (χ4n) is 20.3. The van der Waals surface area contributed by atoms with Crippen LogP contribution in [0.15, 0.2) is 255 Å². The molecule has 0 atom stereocenters. The Morgan fingerprint density at radius 2 is 0.806 bits per heavy atom. The Bertz CT molecular complexity index is 6230. The summed E-state index contributed by atoms with van der Waals surface area (Å²) in [4.78, 5) is 54.9. The molecule has 10 aromatic carbocycles. The number of halogens is 3. The van der Waals surface area contributed by atoms with Crippen molar-refractivity contribution in [2.45, 2.75) is 146 Å². The molecule has 10 aliphatic rings. The number of nitrogen functional groups attached to an aromatic ring is 2. The molecule has 2 saturated carbocycles. The standard InChI is InChI=1S/C29H27Cl2N5O2.C29H28ClN5O2.C23H25N3O.C23H26N2O2/c30-23-11-10-21(16-24(23)31)36-27(32)26(19-6-2-1-3-7-19)25(34-36)17-33-28(37)35-14-12-29(13-15-35)22-9-5-4-8-20(22)18-38-29;30-22-10-12-23(13-11-22)35-27(31)26(20-6-2-1-3-7-20)25(33-35)18-32-28(36)34-16-14-29(15-17-34)24-9-5-4-8-21(24)19-37-29;1-2-6-19-18(5-1)16-27-23(19)11-13-25(14-12-23)22-24-20-7-3-4-8-21(20)26(22)15-17-9-10-17;26-22(25(16-18-10-11-18)20-7-2-1-3-8-20)24-14-12-23(13-15-24)21-9-5-4-6-19(21)17-27-23/h1-11,16H,12-15,17-18,32H2,(H,33,37);1-13H,14-19,31H2,(H,32,36);1-8,17H,9-16H2;1-9,18H,10-17H2. The minimum absolute atomic E-state index is 0.0829. The van der Waals surface area contributed by atoms with Gasteiger partial charge in [-0.05, 0) is 211 Å². The Morgan fingerprint density at radius 3 is 1.25 bits per heavy atom. The number of hydrogen-bond acceptors (Lipinski definition) is 13. The summed E-state index contributed by atoms with van der Waals surface area (Å²) in [7, 11) is 0. The van der Waals surface area contributed by atoms with E-state index in [2.05, 4.69) is 135 Å². The number of urea groups is 3. The molecule has 0 unspecified atom stereocenters. The fourth-order valence-corrected chi connectivity index (χ4v) is 20.7. The van der Waals surface area contributed by atoms with Gasteiger partial charge in [-0.2, -0.15) is 10.2 Å². The lowest BCUT2D eigenvalue weighted by molar-refractivity contribution is -0.0730. The van der Waals surface area contributed by atoms with Crippen molar-refractivity contribution in [3.8, 4) is 33.6 Å². The van der Waals surface area contributed by atoms with Gasteiger partial charge < -0.3 is 65.2 Å². The third kappa shape index (κ3) is 17.4. The highest BCUT2D eigenvalue weighted by atomic mass is 35.5. The molecule has 11 heterocycles. The van der Waals surface area contributed by atoms with Gasteiger partial charge in [-0.15, -0.1) is 0 Å². The minimum atomic E-state index is -0.291. The maximum absolute atomic E-state index is 13.3. The van der Waals surface area contributed by atoms with Crippen LogP contribution >= 0.6 is 34.8 Å². The second kappa shape index (κ2) is 36.5. The summed E-state index contributed by atoms with van der Waals surface area (Å²) in [6.07, 6.45) is 12.1. The number of hydrogen-bond donors (Lipinski definition) is 4. The van der Waals surface area contributed by atoms with Gasteiger partial charge in [0.1, 0.15) is 11.6 Å². The third-order valence-corrected chi connectivity index (χ3v) is 28.8. The number of anilines is 4. The first-order valence-corrected chi connectivity index (χ1v) is 46.5. The quantitative estimate of drug-likeness (QED) is 0.0794. The molecule has 0 radical (unpaired) electrons. The van der Waals surface area contributed by atoms with Gasteiger partial charge in [0.15, 0.2) is 0 Å². The van der Waals surface area contributed by atoms with Crippen molar-refractivity contribution in [3.05, 3.63) is 326 Å². The number of para-hydroxylation sites is 3. The lowest BCUT2D eigenvalue weighted by atomic mass is 9.84. The maximum atomic E-state index is 13.3. The van der Waals surface area contributed by atoms with Crippen molar-refractivity contribution < 1.29 is 33.3 Å². The monoisotopic (exact) mass is 1780 g/mol. The highest BCUT2D eigenvalue weighted by Crippen LogP contribution is 2.50. The summed E-state index contributed by atoms with van der Waals surface area (Å²) in [5.74, 6) is 3.62. The van der Waals surface area contributed by atoms with Crippen molar-refractivity contribution in [1.82, 2.24) is 54.4 Å². The number of carbonyl (C=O) groups excluding carboxylic acids is 3. The van der Waals surface area contributed by atoms with E-state index in [9.17, 15) is 14.4 Å². The Kier molecular flexibility index (Phi) is 24.1. The van der Waals surface area contributed by atoms with E-state index in [-0.39, 0.29) is 53.6 Å². The molecule has 2 aliphatic carbocycles. The third-order valence-electron chi connectivity index (χ3n) is 27.8. The van der Waals surface area contributed by atoms with Gasteiger partial charge in [0.05, 0.1) is 106 Å². The number of amides is 6. The average Bonchev–Trinajstić information content (AvgIpc) is 1.58. The number of nitrogens with one attached hydrogen (secondary N) is 2. The van der Waals surface area contributed by atoms with Crippen LogP contribution < -0.4 is 31.9 Å². The molecule has 6 fully saturated rings. The van der Waals surface area contributed by atoms with Crippen molar-refractivity contribution in [2.75, 3.05) is 80.2 Å². The fraction of sp³-hybridized carbons (Fsp3) is 0.327. The molecule has 22 nitrogen and oxygen atoms in total. The van der Waals surface area contributed by atoms with Gasteiger partial charge in [0, 0.05) is 87.3 Å². The molecule has 8 aliphatic heterocycles. The van der Waals surface area contributed by atoms with Crippen molar-refractivity contribution >= 4 is 87.2 Å². The lowest BCUT2D eigenvalue weighted by Crippen LogP contribution is -2.50. The summed E-state index contributed by atoms with van der Waals surface area (Å²) in [6.45, 7) is 11.2. The number of nitrogens with two attached hydrogens (primary N) is 2. The van der Waals surface area contributed by atoms with Gasteiger partial charge in [0.2, 0.25) is 5.95 Å². The number of imidazole rings is 1. The molecule has 0 bridgehead atoms. The van der Waals surface area contributed by atoms with Crippen LogP contribution in [0.3, 0.4) is 0 Å².